The summed E-state index contributed by atoms with van der Waals surface area (Å²) in [6.07, 6.45) is 6.42. The Bertz CT molecular complexity index is 501. The molecule has 1 unspecified atom stereocenters. The van der Waals surface area contributed by atoms with Crippen LogP contribution in [0.25, 0.3) is 0 Å². The van der Waals surface area contributed by atoms with Crippen molar-refractivity contribution in [2.45, 2.75) is 32.3 Å². The van der Waals surface area contributed by atoms with Crippen molar-refractivity contribution in [3.8, 4) is 0 Å². The smallest absolute Gasteiger partial charge is 0.291 e. The van der Waals surface area contributed by atoms with Crippen LogP contribution in [0.1, 0.15) is 36.8 Å². The van der Waals surface area contributed by atoms with Gasteiger partial charge < -0.3 is 14.4 Å². The molecule has 6 heteroatoms. The molecule has 1 amide bonds. The van der Waals surface area contributed by atoms with E-state index in [0.717, 1.165) is 45.6 Å². The lowest BCUT2D eigenvalue weighted by atomic mass is 9.76. The van der Waals surface area contributed by atoms with Gasteiger partial charge in [0.15, 0.2) is 0 Å². The average molecular weight is 305 g/mol. The van der Waals surface area contributed by atoms with Crippen molar-refractivity contribution in [2.24, 2.45) is 5.41 Å². The second-order valence-electron chi connectivity index (χ2n) is 6.16. The lowest BCUT2D eigenvalue weighted by molar-refractivity contribution is 0.0159. The highest BCUT2D eigenvalue weighted by atomic mass is 16.5. The number of hydrogen-bond acceptors (Lipinski definition) is 5. The van der Waals surface area contributed by atoms with Crippen LogP contribution >= 0.6 is 0 Å². The molecular formula is C16H23N3O3. The van der Waals surface area contributed by atoms with Gasteiger partial charge in [-0.05, 0) is 37.7 Å². The van der Waals surface area contributed by atoms with Crippen molar-refractivity contribution in [3.05, 3.63) is 24.3 Å². The minimum atomic E-state index is -0.0692. The summed E-state index contributed by atoms with van der Waals surface area (Å²) < 4.78 is 11.3. The van der Waals surface area contributed by atoms with Gasteiger partial charge in [-0.3, -0.25) is 4.79 Å². The summed E-state index contributed by atoms with van der Waals surface area (Å²) >= 11 is 0. The second kappa shape index (κ2) is 6.71. The first-order valence-electron chi connectivity index (χ1n) is 7.98. The van der Waals surface area contributed by atoms with Crippen LogP contribution < -0.4 is 0 Å². The average Bonchev–Trinajstić information content (AvgIpc) is 2.96. The minimum Gasteiger partial charge on any atom is -0.379 e. The zero-order valence-electron chi connectivity index (χ0n) is 13.0. The van der Waals surface area contributed by atoms with Gasteiger partial charge >= 0.3 is 0 Å². The molecule has 2 fully saturated rings. The predicted octanol–water partition coefficient (Wildman–Crippen LogP) is 1.52. The molecule has 0 bridgehead atoms. The van der Waals surface area contributed by atoms with Gasteiger partial charge in [0.1, 0.15) is 0 Å². The molecule has 6 nitrogen and oxygen atoms in total. The summed E-state index contributed by atoms with van der Waals surface area (Å²) in [4.78, 5) is 22.3. The Morgan fingerprint density at radius 2 is 2.14 bits per heavy atom. The van der Waals surface area contributed by atoms with E-state index in [1.54, 1.807) is 18.5 Å². The van der Waals surface area contributed by atoms with Crippen molar-refractivity contribution in [1.82, 2.24) is 14.9 Å². The minimum absolute atomic E-state index is 0.0692. The molecular weight excluding hydrogens is 282 g/mol. The van der Waals surface area contributed by atoms with E-state index in [4.69, 9.17) is 9.47 Å². The molecule has 1 atom stereocenters. The molecule has 3 heterocycles. The summed E-state index contributed by atoms with van der Waals surface area (Å²) in [7, 11) is 0. The summed E-state index contributed by atoms with van der Waals surface area (Å²) in [6, 6.07) is 1.72. The molecule has 0 radical (unpaired) electrons. The molecule has 2 saturated heterocycles. The highest BCUT2D eigenvalue weighted by Crippen LogP contribution is 2.42. The van der Waals surface area contributed by atoms with Gasteiger partial charge in [0.05, 0.1) is 19.3 Å². The van der Waals surface area contributed by atoms with E-state index in [1.165, 1.54) is 0 Å². The Hall–Kier alpha value is -1.53. The van der Waals surface area contributed by atoms with Crippen LogP contribution in [0.3, 0.4) is 0 Å². The number of hydrogen-bond donors (Lipinski definition) is 0. The molecule has 2 aliphatic rings. The highest BCUT2D eigenvalue weighted by Gasteiger charge is 2.43. The molecule has 1 aromatic heterocycles. The number of amides is 1. The standard InChI is InChI=1S/C16H23N3O3/c1-2-21-11-13-10-16(12-22-13)4-8-19(9-5-16)15(20)14-17-6-3-7-18-14/h3,6-7,13H,2,4-5,8-12H2,1H3. The van der Waals surface area contributed by atoms with Gasteiger partial charge in [0, 0.05) is 32.1 Å². The van der Waals surface area contributed by atoms with Crippen LogP contribution in [-0.2, 0) is 9.47 Å². The number of carbonyl (C=O) groups is 1. The fourth-order valence-electron chi connectivity index (χ4n) is 3.34. The topological polar surface area (TPSA) is 64.5 Å². The quantitative estimate of drug-likeness (QED) is 0.844. The lowest BCUT2D eigenvalue weighted by Crippen LogP contribution is -2.44. The zero-order valence-corrected chi connectivity index (χ0v) is 13.0. The van der Waals surface area contributed by atoms with Gasteiger partial charge in [-0.25, -0.2) is 9.97 Å². The molecule has 2 aliphatic heterocycles. The third kappa shape index (κ3) is 3.28. The molecule has 1 spiro atoms. The monoisotopic (exact) mass is 305 g/mol. The molecule has 0 aliphatic carbocycles. The Labute approximate surface area is 130 Å². The van der Waals surface area contributed by atoms with E-state index in [0.29, 0.717) is 6.61 Å². The van der Waals surface area contributed by atoms with Crippen molar-refractivity contribution in [1.29, 1.82) is 0 Å². The number of likely N-dealkylation sites (tertiary alicyclic amines) is 1. The fraction of sp³-hybridized carbons (Fsp3) is 0.688. The van der Waals surface area contributed by atoms with E-state index in [2.05, 4.69) is 9.97 Å². The maximum atomic E-state index is 12.4. The molecule has 0 saturated carbocycles. The van der Waals surface area contributed by atoms with Gasteiger partial charge in [0.2, 0.25) is 5.82 Å². The third-order valence-electron chi connectivity index (χ3n) is 4.66. The van der Waals surface area contributed by atoms with Crippen LogP contribution in [-0.4, -0.2) is 59.8 Å². The largest absolute Gasteiger partial charge is 0.379 e. The molecule has 0 aromatic carbocycles. The van der Waals surface area contributed by atoms with Crippen LogP contribution in [0.5, 0.6) is 0 Å². The summed E-state index contributed by atoms with van der Waals surface area (Å²) in [5, 5.41) is 0. The molecule has 0 N–H and O–H groups in total. The number of carbonyl (C=O) groups excluding carboxylic acids is 1. The Balaban J connectivity index is 1.54. The lowest BCUT2D eigenvalue weighted by Gasteiger charge is -2.38. The first-order valence-corrected chi connectivity index (χ1v) is 7.98. The summed E-state index contributed by atoms with van der Waals surface area (Å²) in [6.45, 7) is 5.70. The first kappa shape index (κ1) is 15.4. The third-order valence-corrected chi connectivity index (χ3v) is 4.66. The van der Waals surface area contributed by atoms with Gasteiger partial charge in [0.25, 0.3) is 5.91 Å². The highest BCUT2D eigenvalue weighted by molar-refractivity contribution is 5.90. The number of nitrogens with zero attached hydrogens (tertiary/aromatic N) is 3. The van der Waals surface area contributed by atoms with Crippen molar-refractivity contribution >= 4 is 5.91 Å². The van der Waals surface area contributed by atoms with Crippen molar-refractivity contribution in [3.63, 3.8) is 0 Å². The summed E-state index contributed by atoms with van der Waals surface area (Å²) in [5.41, 5.74) is 0.218. The summed E-state index contributed by atoms with van der Waals surface area (Å²) in [5.74, 6) is 0.218. The first-order chi connectivity index (χ1) is 10.7. The van der Waals surface area contributed by atoms with E-state index < -0.39 is 0 Å². The Kier molecular flexibility index (Phi) is 4.69. The number of ether oxygens (including phenoxy) is 2. The van der Waals surface area contributed by atoms with E-state index in [-0.39, 0.29) is 23.3 Å². The van der Waals surface area contributed by atoms with Crippen LogP contribution in [0.4, 0.5) is 0 Å². The second-order valence-corrected chi connectivity index (χ2v) is 6.16. The van der Waals surface area contributed by atoms with Gasteiger partial charge in [-0.15, -0.1) is 0 Å². The SMILES string of the molecule is CCOCC1CC2(CCN(C(=O)c3ncccn3)CC2)CO1. The van der Waals surface area contributed by atoms with Crippen LogP contribution in [0.2, 0.25) is 0 Å². The molecule has 120 valence electrons. The van der Waals surface area contributed by atoms with E-state index >= 15 is 0 Å². The van der Waals surface area contributed by atoms with E-state index in [1.807, 2.05) is 11.8 Å². The van der Waals surface area contributed by atoms with Crippen LogP contribution in [0, 0.1) is 5.41 Å². The molecule has 22 heavy (non-hydrogen) atoms. The van der Waals surface area contributed by atoms with Gasteiger partial charge in [-0.1, -0.05) is 0 Å². The fourth-order valence-corrected chi connectivity index (χ4v) is 3.34. The maximum absolute atomic E-state index is 12.4. The number of aromatic nitrogens is 2. The molecule has 3 rings (SSSR count). The Morgan fingerprint density at radius 3 is 2.82 bits per heavy atom. The van der Waals surface area contributed by atoms with Crippen molar-refractivity contribution < 1.29 is 14.3 Å². The normalized spacial score (nSPS) is 23.9. The number of piperidine rings is 1. The zero-order chi connectivity index (χ0) is 15.4. The van der Waals surface area contributed by atoms with Gasteiger partial charge in [-0.2, -0.15) is 0 Å². The Morgan fingerprint density at radius 1 is 1.41 bits per heavy atom. The maximum Gasteiger partial charge on any atom is 0.291 e. The van der Waals surface area contributed by atoms with E-state index in [9.17, 15) is 4.79 Å². The molecule has 1 aromatic rings. The van der Waals surface area contributed by atoms with Crippen LogP contribution in [0.15, 0.2) is 18.5 Å². The van der Waals surface area contributed by atoms with Crippen molar-refractivity contribution in [2.75, 3.05) is 32.9 Å². The number of rotatable bonds is 4. The predicted molar refractivity (Wildman–Crippen MR) is 80.5 cm³/mol.